The number of fused-ring (bicyclic) bond motifs is 3. The Bertz CT molecular complexity index is 680. The standard InChI is InChI=1S/C15H21N5O/c1-17-9-6-7-20(8-9)14-13-12(18-15(16)19-14)10-4-2-3-5-11(10)21-13/h9,17H,2-8H2,1H3,(H2,16,18,19)/t9-/m1/s1. The average molecular weight is 287 g/mol. The van der Waals surface area contributed by atoms with Crippen molar-refractivity contribution in [3.63, 3.8) is 0 Å². The van der Waals surface area contributed by atoms with Gasteiger partial charge in [-0.15, -0.1) is 0 Å². The number of anilines is 2. The summed E-state index contributed by atoms with van der Waals surface area (Å²) in [6.45, 7) is 1.91. The third-order valence-electron chi connectivity index (χ3n) is 4.69. The predicted molar refractivity (Wildman–Crippen MR) is 82.5 cm³/mol. The maximum Gasteiger partial charge on any atom is 0.222 e. The van der Waals surface area contributed by atoms with Crippen LogP contribution in [0.4, 0.5) is 11.8 Å². The fourth-order valence-electron chi connectivity index (χ4n) is 3.52. The van der Waals surface area contributed by atoms with Gasteiger partial charge in [0, 0.05) is 31.1 Å². The molecule has 3 N–H and O–H groups in total. The van der Waals surface area contributed by atoms with Gasteiger partial charge in [-0.05, 0) is 32.7 Å². The molecule has 2 aliphatic rings. The van der Waals surface area contributed by atoms with E-state index in [0.717, 1.165) is 55.0 Å². The van der Waals surface area contributed by atoms with Crippen LogP contribution >= 0.6 is 0 Å². The summed E-state index contributed by atoms with van der Waals surface area (Å²) in [7, 11) is 2.00. The third kappa shape index (κ3) is 2.05. The molecule has 2 aromatic rings. The summed E-state index contributed by atoms with van der Waals surface area (Å²) >= 11 is 0. The van der Waals surface area contributed by atoms with Gasteiger partial charge in [0.15, 0.2) is 11.4 Å². The molecule has 0 amide bonds. The van der Waals surface area contributed by atoms with Crippen LogP contribution < -0.4 is 16.0 Å². The molecule has 1 saturated heterocycles. The minimum atomic E-state index is 0.347. The van der Waals surface area contributed by atoms with Crippen LogP contribution in [-0.4, -0.2) is 36.1 Å². The Labute approximate surface area is 123 Å². The van der Waals surface area contributed by atoms with Gasteiger partial charge in [0.2, 0.25) is 5.95 Å². The van der Waals surface area contributed by atoms with Crippen molar-refractivity contribution in [1.29, 1.82) is 0 Å². The normalized spacial score (nSPS) is 22.0. The second-order valence-electron chi connectivity index (χ2n) is 6.01. The molecule has 1 fully saturated rings. The Hall–Kier alpha value is -1.82. The van der Waals surface area contributed by atoms with Crippen LogP contribution in [0.2, 0.25) is 0 Å². The number of rotatable bonds is 2. The molecule has 0 aromatic carbocycles. The lowest BCUT2D eigenvalue weighted by atomic mass is 9.98. The van der Waals surface area contributed by atoms with E-state index in [4.69, 9.17) is 10.2 Å². The summed E-state index contributed by atoms with van der Waals surface area (Å²) < 4.78 is 6.12. The minimum absolute atomic E-state index is 0.347. The van der Waals surface area contributed by atoms with Gasteiger partial charge in [-0.1, -0.05) is 0 Å². The summed E-state index contributed by atoms with van der Waals surface area (Å²) in [5.74, 6) is 2.30. The van der Waals surface area contributed by atoms with Crippen molar-refractivity contribution in [2.24, 2.45) is 0 Å². The quantitative estimate of drug-likeness (QED) is 0.871. The van der Waals surface area contributed by atoms with Gasteiger partial charge in [-0.2, -0.15) is 4.98 Å². The highest BCUT2D eigenvalue weighted by molar-refractivity contribution is 5.89. The largest absolute Gasteiger partial charge is 0.455 e. The number of hydrogen-bond acceptors (Lipinski definition) is 6. The fraction of sp³-hybridized carbons (Fsp3) is 0.600. The first-order chi connectivity index (χ1) is 10.3. The van der Waals surface area contributed by atoms with Crippen molar-refractivity contribution >= 4 is 22.9 Å². The van der Waals surface area contributed by atoms with Gasteiger partial charge in [-0.3, -0.25) is 0 Å². The number of furan rings is 1. The lowest BCUT2D eigenvalue weighted by Gasteiger charge is -2.17. The molecule has 3 heterocycles. The topological polar surface area (TPSA) is 80.2 Å². The third-order valence-corrected chi connectivity index (χ3v) is 4.69. The Kier molecular flexibility index (Phi) is 2.99. The number of aromatic nitrogens is 2. The molecule has 6 heteroatoms. The SMILES string of the molecule is CN[C@@H]1CCN(c2nc(N)nc3c4c(oc23)CCCC4)C1. The summed E-state index contributed by atoms with van der Waals surface area (Å²) in [6, 6.07) is 0.501. The molecule has 21 heavy (non-hydrogen) atoms. The second-order valence-corrected chi connectivity index (χ2v) is 6.01. The molecule has 112 valence electrons. The van der Waals surface area contributed by atoms with E-state index >= 15 is 0 Å². The van der Waals surface area contributed by atoms with Crippen molar-refractivity contribution in [2.45, 2.75) is 38.1 Å². The monoisotopic (exact) mass is 287 g/mol. The Balaban J connectivity index is 1.83. The van der Waals surface area contributed by atoms with Crippen molar-refractivity contribution < 1.29 is 4.42 Å². The zero-order chi connectivity index (χ0) is 14.4. The number of nitrogen functional groups attached to an aromatic ring is 1. The Morgan fingerprint density at radius 3 is 2.95 bits per heavy atom. The molecule has 0 saturated carbocycles. The molecule has 1 aliphatic heterocycles. The highest BCUT2D eigenvalue weighted by atomic mass is 16.3. The highest BCUT2D eigenvalue weighted by Gasteiger charge is 2.28. The molecule has 2 aromatic heterocycles. The summed E-state index contributed by atoms with van der Waals surface area (Å²) in [5, 5.41) is 3.33. The summed E-state index contributed by atoms with van der Waals surface area (Å²) in [6.07, 6.45) is 5.55. The van der Waals surface area contributed by atoms with Crippen LogP contribution in [0.3, 0.4) is 0 Å². The number of nitrogens with one attached hydrogen (secondary N) is 1. The lowest BCUT2D eigenvalue weighted by molar-refractivity contribution is 0.505. The fourth-order valence-corrected chi connectivity index (χ4v) is 3.52. The predicted octanol–water partition coefficient (Wildman–Crippen LogP) is 1.48. The van der Waals surface area contributed by atoms with Crippen LogP contribution in [0.15, 0.2) is 4.42 Å². The van der Waals surface area contributed by atoms with E-state index in [2.05, 4.69) is 20.2 Å². The maximum atomic E-state index is 6.12. The smallest absolute Gasteiger partial charge is 0.222 e. The first-order valence-electron chi connectivity index (χ1n) is 7.76. The molecular weight excluding hydrogens is 266 g/mol. The van der Waals surface area contributed by atoms with Gasteiger partial charge in [-0.25, -0.2) is 4.98 Å². The molecule has 4 rings (SSSR count). The minimum Gasteiger partial charge on any atom is -0.455 e. The van der Waals surface area contributed by atoms with Crippen LogP contribution in [0.25, 0.3) is 11.1 Å². The summed E-state index contributed by atoms with van der Waals surface area (Å²) in [4.78, 5) is 11.2. The van der Waals surface area contributed by atoms with E-state index in [1.54, 1.807) is 0 Å². The summed E-state index contributed by atoms with van der Waals surface area (Å²) in [5.41, 5.74) is 8.95. The number of nitrogens with zero attached hydrogens (tertiary/aromatic N) is 3. The van der Waals surface area contributed by atoms with E-state index in [1.165, 1.54) is 18.4 Å². The number of nitrogens with two attached hydrogens (primary N) is 1. The van der Waals surface area contributed by atoms with Crippen LogP contribution in [0, 0.1) is 0 Å². The molecule has 0 unspecified atom stereocenters. The Morgan fingerprint density at radius 1 is 1.29 bits per heavy atom. The van der Waals surface area contributed by atoms with Gasteiger partial charge in [0.1, 0.15) is 11.3 Å². The van der Waals surface area contributed by atoms with E-state index in [0.29, 0.717) is 12.0 Å². The average Bonchev–Trinajstić information content (AvgIpc) is 3.11. The molecule has 6 nitrogen and oxygen atoms in total. The molecule has 1 atom stereocenters. The van der Waals surface area contributed by atoms with E-state index in [1.807, 2.05) is 7.05 Å². The molecule has 0 radical (unpaired) electrons. The Morgan fingerprint density at radius 2 is 2.14 bits per heavy atom. The zero-order valence-corrected chi connectivity index (χ0v) is 12.4. The first kappa shape index (κ1) is 12.9. The van der Waals surface area contributed by atoms with Gasteiger partial charge >= 0.3 is 0 Å². The van der Waals surface area contributed by atoms with E-state index in [9.17, 15) is 0 Å². The number of likely N-dealkylation sites (N-methyl/N-ethyl adjacent to an activating group) is 1. The van der Waals surface area contributed by atoms with Gasteiger partial charge < -0.3 is 20.4 Å². The second kappa shape index (κ2) is 4.87. The van der Waals surface area contributed by atoms with Gasteiger partial charge in [0.05, 0.1) is 0 Å². The van der Waals surface area contributed by atoms with Crippen molar-refractivity contribution in [1.82, 2.24) is 15.3 Å². The molecule has 1 aliphatic carbocycles. The highest BCUT2D eigenvalue weighted by Crippen LogP contribution is 2.36. The molecule has 0 bridgehead atoms. The van der Waals surface area contributed by atoms with Crippen molar-refractivity contribution in [2.75, 3.05) is 30.8 Å². The molecular formula is C15H21N5O. The van der Waals surface area contributed by atoms with Gasteiger partial charge in [0.25, 0.3) is 0 Å². The molecule has 0 spiro atoms. The number of aryl methyl sites for hydroxylation is 2. The van der Waals surface area contributed by atoms with Crippen LogP contribution in [0.1, 0.15) is 30.6 Å². The number of hydrogen-bond donors (Lipinski definition) is 2. The van der Waals surface area contributed by atoms with Crippen molar-refractivity contribution in [3.8, 4) is 0 Å². The van der Waals surface area contributed by atoms with Crippen LogP contribution in [-0.2, 0) is 12.8 Å². The van der Waals surface area contributed by atoms with Crippen molar-refractivity contribution in [3.05, 3.63) is 11.3 Å². The zero-order valence-electron chi connectivity index (χ0n) is 12.4. The maximum absolute atomic E-state index is 6.12. The van der Waals surface area contributed by atoms with Crippen LogP contribution in [0.5, 0.6) is 0 Å². The van der Waals surface area contributed by atoms with E-state index in [-0.39, 0.29) is 0 Å². The first-order valence-corrected chi connectivity index (χ1v) is 7.76. The lowest BCUT2D eigenvalue weighted by Crippen LogP contribution is -2.30. The van der Waals surface area contributed by atoms with E-state index < -0.39 is 0 Å².